The number of hydrogen-bond acceptors (Lipinski definition) is 4. The van der Waals surface area contributed by atoms with E-state index in [1.807, 2.05) is 54.6 Å². The first-order valence-electron chi connectivity index (χ1n) is 7.87. The Kier molecular flexibility index (Phi) is 5.40. The van der Waals surface area contributed by atoms with E-state index in [9.17, 15) is 13.0 Å². The van der Waals surface area contributed by atoms with Crippen LogP contribution in [0.2, 0.25) is 0 Å². The third-order valence-corrected chi connectivity index (χ3v) is 5.05. The zero-order valence-electron chi connectivity index (χ0n) is 14.5. The van der Waals surface area contributed by atoms with E-state index in [-0.39, 0.29) is 36.2 Å². The Hall–Kier alpha value is -1.47. The van der Waals surface area contributed by atoms with E-state index in [0.29, 0.717) is 5.56 Å². The minimum atomic E-state index is -4.77. The molecule has 0 aliphatic heterocycles. The smallest absolute Gasteiger partial charge is 0.726 e. The number of hydrogen-bond donors (Lipinski definition) is 0. The summed E-state index contributed by atoms with van der Waals surface area (Å²) in [5.41, 5.74) is 1.83. The standard InChI is InChI=1S/C20H16O4S.Na/c1-13-15-7-4-5-9-18(15)19(12-24-25(21,22)23)20-16(13)11-10-14-6-2-3-8-17(14)20;/h2-11H,12H2,1H3,(H,21,22,23);/q;+1/p-1. The van der Waals surface area contributed by atoms with Gasteiger partial charge in [-0.2, -0.15) is 0 Å². The summed E-state index contributed by atoms with van der Waals surface area (Å²) in [4.78, 5) is 0. The van der Waals surface area contributed by atoms with Crippen molar-refractivity contribution in [3.63, 3.8) is 0 Å². The maximum atomic E-state index is 11.0. The van der Waals surface area contributed by atoms with Crippen molar-refractivity contribution < 1.29 is 46.7 Å². The van der Waals surface area contributed by atoms with Gasteiger partial charge in [-0.1, -0.05) is 60.7 Å². The minimum Gasteiger partial charge on any atom is -0.726 e. The summed E-state index contributed by atoms with van der Waals surface area (Å²) < 4.78 is 37.7. The van der Waals surface area contributed by atoms with Crippen molar-refractivity contribution in [3.05, 3.63) is 71.8 Å². The molecule has 26 heavy (non-hydrogen) atoms. The van der Waals surface area contributed by atoms with Gasteiger partial charge in [0, 0.05) is 0 Å². The predicted octanol–water partition coefficient (Wildman–Crippen LogP) is 1.44. The summed E-state index contributed by atoms with van der Waals surface area (Å²) in [5, 5.41) is 5.93. The van der Waals surface area contributed by atoms with Gasteiger partial charge in [-0.3, -0.25) is 4.18 Å². The van der Waals surface area contributed by atoms with Crippen molar-refractivity contribution in [2.45, 2.75) is 13.5 Å². The Morgan fingerprint density at radius 3 is 2.15 bits per heavy atom. The summed E-state index contributed by atoms with van der Waals surface area (Å²) in [5.74, 6) is 0. The molecular weight excluding hydrogens is 359 g/mol. The maximum absolute atomic E-state index is 11.0. The molecule has 4 nitrogen and oxygen atoms in total. The third-order valence-electron chi connectivity index (χ3n) is 4.64. The molecule has 6 heteroatoms. The van der Waals surface area contributed by atoms with E-state index in [4.69, 9.17) is 0 Å². The van der Waals surface area contributed by atoms with Gasteiger partial charge in [-0.05, 0) is 50.4 Å². The van der Waals surface area contributed by atoms with Crippen molar-refractivity contribution in [3.8, 4) is 0 Å². The average molecular weight is 374 g/mol. The number of rotatable bonds is 3. The first kappa shape index (κ1) is 19.3. The van der Waals surface area contributed by atoms with Gasteiger partial charge >= 0.3 is 29.6 Å². The van der Waals surface area contributed by atoms with E-state index >= 15 is 0 Å². The summed E-state index contributed by atoms with van der Waals surface area (Å²) in [6.45, 7) is 1.77. The Morgan fingerprint density at radius 1 is 0.846 bits per heavy atom. The molecule has 0 aromatic heterocycles. The molecule has 0 spiro atoms. The zero-order valence-corrected chi connectivity index (χ0v) is 17.3. The molecule has 0 saturated carbocycles. The van der Waals surface area contributed by atoms with Gasteiger partial charge in [0.1, 0.15) is 0 Å². The summed E-state index contributed by atoms with van der Waals surface area (Å²) in [7, 11) is -4.77. The van der Waals surface area contributed by atoms with Crippen LogP contribution in [0, 0.1) is 6.92 Å². The van der Waals surface area contributed by atoms with Crippen molar-refractivity contribution >= 4 is 42.7 Å². The van der Waals surface area contributed by atoms with Crippen LogP contribution in [0.1, 0.15) is 11.1 Å². The Morgan fingerprint density at radius 2 is 1.46 bits per heavy atom. The molecule has 0 fully saturated rings. The summed E-state index contributed by atoms with van der Waals surface area (Å²) in [6, 6.07) is 19.8. The normalized spacial score (nSPS) is 11.8. The first-order valence-corrected chi connectivity index (χ1v) is 9.21. The summed E-state index contributed by atoms with van der Waals surface area (Å²) >= 11 is 0. The zero-order chi connectivity index (χ0) is 17.6. The Balaban J connectivity index is 0.00000196. The monoisotopic (exact) mass is 374 g/mol. The van der Waals surface area contributed by atoms with Gasteiger partial charge < -0.3 is 4.55 Å². The molecule has 4 aromatic carbocycles. The second-order valence-corrected chi connectivity index (χ2v) is 7.08. The molecular formula is C20H15NaO4S. The van der Waals surface area contributed by atoms with E-state index in [1.165, 1.54) is 0 Å². The molecule has 4 rings (SSSR count). The van der Waals surface area contributed by atoms with Crippen LogP contribution < -0.4 is 29.6 Å². The molecule has 0 saturated heterocycles. The van der Waals surface area contributed by atoms with Crippen LogP contribution in [-0.4, -0.2) is 13.0 Å². The van der Waals surface area contributed by atoms with Crippen LogP contribution in [-0.2, 0) is 21.2 Å². The number of aryl methyl sites for hydroxylation is 1. The fraction of sp³-hybridized carbons (Fsp3) is 0.100. The van der Waals surface area contributed by atoms with Gasteiger partial charge in [0.25, 0.3) is 0 Å². The quantitative estimate of drug-likeness (QED) is 0.179. The molecule has 0 aliphatic rings. The molecule has 126 valence electrons. The fourth-order valence-corrected chi connectivity index (χ4v) is 3.81. The van der Waals surface area contributed by atoms with Crippen LogP contribution in [0.3, 0.4) is 0 Å². The molecule has 0 bridgehead atoms. The van der Waals surface area contributed by atoms with Crippen LogP contribution in [0.25, 0.3) is 32.3 Å². The predicted molar refractivity (Wildman–Crippen MR) is 98.2 cm³/mol. The Bertz CT molecular complexity index is 1230. The molecule has 0 heterocycles. The van der Waals surface area contributed by atoms with Gasteiger partial charge in [-0.25, -0.2) is 8.42 Å². The SMILES string of the molecule is Cc1c2ccccc2c(COS(=O)(=O)[O-])c2c1ccc1ccccc12.[Na+]. The van der Waals surface area contributed by atoms with Crippen molar-refractivity contribution in [2.24, 2.45) is 0 Å². The molecule has 0 aliphatic carbocycles. The van der Waals surface area contributed by atoms with E-state index in [2.05, 4.69) is 17.2 Å². The van der Waals surface area contributed by atoms with Crippen LogP contribution >= 0.6 is 0 Å². The van der Waals surface area contributed by atoms with E-state index in [1.54, 1.807) is 0 Å². The van der Waals surface area contributed by atoms with E-state index in [0.717, 1.165) is 37.9 Å². The fourth-order valence-electron chi connectivity index (χ4n) is 3.54. The second-order valence-electron chi connectivity index (χ2n) is 6.03. The molecule has 0 N–H and O–H groups in total. The number of benzene rings is 4. The van der Waals surface area contributed by atoms with Crippen LogP contribution in [0.15, 0.2) is 60.7 Å². The van der Waals surface area contributed by atoms with Gasteiger partial charge in [0.15, 0.2) is 0 Å². The maximum Gasteiger partial charge on any atom is 1.00 e. The van der Waals surface area contributed by atoms with Crippen molar-refractivity contribution in [2.75, 3.05) is 0 Å². The molecule has 0 atom stereocenters. The van der Waals surface area contributed by atoms with E-state index < -0.39 is 10.4 Å². The van der Waals surface area contributed by atoms with Crippen LogP contribution in [0.4, 0.5) is 0 Å². The molecule has 0 amide bonds. The van der Waals surface area contributed by atoms with Gasteiger partial charge in [-0.15, -0.1) is 0 Å². The summed E-state index contributed by atoms with van der Waals surface area (Å²) in [6.07, 6.45) is 0. The molecule has 4 aromatic rings. The molecule has 0 unspecified atom stereocenters. The second kappa shape index (κ2) is 7.27. The first-order chi connectivity index (χ1) is 12.0. The van der Waals surface area contributed by atoms with Gasteiger partial charge in [0.05, 0.1) is 6.61 Å². The average Bonchev–Trinajstić information content (AvgIpc) is 2.60. The molecule has 0 radical (unpaired) electrons. The van der Waals surface area contributed by atoms with Gasteiger partial charge in [0.2, 0.25) is 10.4 Å². The minimum absolute atomic E-state index is 0. The number of fused-ring (bicyclic) bond motifs is 4. The van der Waals surface area contributed by atoms with Crippen LogP contribution in [0.5, 0.6) is 0 Å². The third kappa shape index (κ3) is 3.39. The van der Waals surface area contributed by atoms with Crippen molar-refractivity contribution in [1.82, 2.24) is 0 Å². The topological polar surface area (TPSA) is 66.4 Å². The Labute approximate surface area is 174 Å². The van der Waals surface area contributed by atoms with Crippen molar-refractivity contribution in [1.29, 1.82) is 0 Å². The largest absolute Gasteiger partial charge is 1.00 e.